The SMILES string of the molecule is C=CCCC(OCc1ccccc1)(c1nnc(-c2nc(Cl)c(C(F)(F)F)cc2Cl)o1)C(F)(F)F.C=CCCC(OCc1ccccc1)(c1nnc(-c2nc(OC(C)CC=C)c(C(F)(F)F)cc2Cl)o1)C(F)(F)F. The van der Waals surface area contributed by atoms with Crippen LogP contribution in [0.25, 0.3) is 23.2 Å². The topological polar surface area (TPSA) is 131 Å². The maximum absolute atomic E-state index is 14.6. The Labute approximate surface area is 422 Å². The van der Waals surface area contributed by atoms with Crippen LogP contribution in [0.15, 0.2) is 120 Å². The van der Waals surface area contributed by atoms with Crippen molar-refractivity contribution in [3.8, 4) is 29.0 Å². The lowest BCUT2D eigenvalue weighted by Gasteiger charge is -2.32. The first-order valence-corrected chi connectivity index (χ1v) is 22.2. The minimum Gasteiger partial charge on any atom is -0.474 e. The molecule has 26 heteroatoms. The van der Waals surface area contributed by atoms with Gasteiger partial charge in [0, 0.05) is 6.42 Å². The first kappa shape index (κ1) is 57.9. The normalized spacial score (nSPS) is 14.3. The van der Waals surface area contributed by atoms with Gasteiger partial charge in [-0.2, -0.15) is 52.7 Å². The number of pyridine rings is 2. The van der Waals surface area contributed by atoms with E-state index in [0.717, 1.165) is 0 Å². The van der Waals surface area contributed by atoms with Gasteiger partial charge in [0.25, 0.3) is 23.6 Å². The Bertz CT molecular complexity index is 2810. The van der Waals surface area contributed by atoms with E-state index in [9.17, 15) is 52.7 Å². The van der Waals surface area contributed by atoms with Crippen LogP contribution in [0.3, 0.4) is 0 Å². The molecule has 3 atom stereocenters. The molecule has 0 fully saturated rings. The van der Waals surface area contributed by atoms with Gasteiger partial charge in [0.2, 0.25) is 17.1 Å². The third-order valence-corrected chi connectivity index (χ3v) is 11.1. The molecule has 73 heavy (non-hydrogen) atoms. The van der Waals surface area contributed by atoms with Gasteiger partial charge >= 0.3 is 24.7 Å². The Balaban J connectivity index is 0.000000273. The van der Waals surface area contributed by atoms with Crippen molar-refractivity contribution in [3.05, 3.63) is 160 Å². The smallest absolute Gasteiger partial charge is 0.426 e. The first-order valence-electron chi connectivity index (χ1n) is 21.1. The maximum Gasteiger partial charge on any atom is 0.426 e. The van der Waals surface area contributed by atoms with Gasteiger partial charge in [0.1, 0.15) is 28.2 Å². The largest absolute Gasteiger partial charge is 0.474 e. The standard InChI is InChI=1S/C26H24ClF6N3O3.C21H15Cl2F6N3O2/c1-4-6-13-24(26(31,32)33,37-15-17-11-8-7-9-12-17)23-36-35-22(39-23)20-19(27)14-18(25(28,29)30)21(34-20)38-16(3)10-5-2;1-2-3-9-19(21(27,28)29,33-11-12-7-5-4-6-8-12)18-32-31-17(34-18)15-14(22)10-13(16(23)30-15)20(24,25)26/h4-5,7-9,11-12,14,16H,1-2,6,10,13,15H2,3H3;2,4-8,10H,1,3,9,11H2. The van der Waals surface area contributed by atoms with Gasteiger partial charge in [-0.05, 0) is 55.9 Å². The molecule has 11 nitrogen and oxygen atoms in total. The lowest BCUT2D eigenvalue weighted by atomic mass is 9.96. The second-order valence-electron chi connectivity index (χ2n) is 15.5. The summed E-state index contributed by atoms with van der Waals surface area (Å²) < 4.78 is 193. The van der Waals surface area contributed by atoms with E-state index >= 15 is 0 Å². The number of aromatic nitrogens is 6. The van der Waals surface area contributed by atoms with Crippen molar-refractivity contribution in [2.45, 2.75) is 94.3 Å². The van der Waals surface area contributed by atoms with E-state index in [2.05, 4.69) is 50.1 Å². The van der Waals surface area contributed by atoms with Crippen molar-refractivity contribution in [1.82, 2.24) is 30.4 Å². The zero-order chi connectivity index (χ0) is 54.0. The maximum atomic E-state index is 14.6. The summed E-state index contributed by atoms with van der Waals surface area (Å²) in [6.07, 6.45) is -17.9. The minimum absolute atomic E-state index is 0.128. The summed E-state index contributed by atoms with van der Waals surface area (Å²) in [5.74, 6) is -4.11. The predicted octanol–water partition coefficient (Wildman–Crippen LogP) is 15.5. The van der Waals surface area contributed by atoms with Crippen molar-refractivity contribution in [2.24, 2.45) is 0 Å². The van der Waals surface area contributed by atoms with Crippen molar-refractivity contribution < 1.29 is 75.7 Å². The Hall–Kier alpha value is -6.01. The molecule has 6 aromatic rings. The van der Waals surface area contributed by atoms with Crippen LogP contribution in [0.4, 0.5) is 52.7 Å². The summed E-state index contributed by atoms with van der Waals surface area (Å²) in [5.41, 5.74) is -8.81. The number of rotatable bonds is 20. The average molecular weight is 1100 g/mol. The summed E-state index contributed by atoms with van der Waals surface area (Å²) in [5, 5.41) is 12.0. The van der Waals surface area contributed by atoms with Crippen LogP contribution < -0.4 is 4.74 Å². The van der Waals surface area contributed by atoms with Gasteiger partial charge in [-0.15, -0.1) is 40.1 Å². The molecule has 0 bridgehead atoms. The van der Waals surface area contributed by atoms with Gasteiger partial charge in [-0.3, -0.25) is 0 Å². The number of hydrogen-bond acceptors (Lipinski definition) is 11. The highest BCUT2D eigenvalue weighted by Crippen LogP contribution is 2.49. The molecule has 2 aromatic carbocycles. The second kappa shape index (κ2) is 23.9. The first-order chi connectivity index (χ1) is 34.2. The molecule has 4 aromatic heterocycles. The van der Waals surface area contributed by atoms with Crippen molar-refractivity contribution in [3.63, 3.8) is 0 Å². The third-order valence-electron chi connectivity index (χ3n) is 10.2. The van der Waals surface area contributed by atoms with E-state index in [1.54, 1.807) is 60.7 Å². The number of halogens is 15. The molecule has 0 amide bonds. The van der Waals surface area contributed by atoms with E-state index < -0.39 is 135 Å². The van der Waals surface area contributed by atoms with Gasteiger partial charge in [-0.25, -0.2) is 9.97 Å². The van der Waals surface area contributed by atoms with Crippen LogP contribution in [0, 0.1) is 0 Å². The summed E-state index contributed by atoms with van der Waals surface area (Å²) in [7, 11) is 0. The van der Waals surface area contributed by atoms with E-state index in [1.165, 1.54) is 25.2 Å². The number of hydrogen-bond donors (Lipinski definition) is 0. The van der Waals surface area contributed by atoms with Crippen LogP contribution in [-0.2, 0) is 46.2 Å². The number of allylic oxidation sites excluding steroid dienone is 2. The predicted molar refractivity (Wildman–Crippen MR) is 242 cm³/mol. The molecule has 0 saturated heterocycles. The number of nitrogens with zero attached hydrogens (tertiary/aromatic N) is 6. The molecule has 0 saturated carbocycles. The Morgan fingerprint density at radius 3 is 1.37 bits per heavy atom. The highest BCUT2D eigenvalue weighted by molar-refractivity contribution is 6.34. The molecule has 3 unspecified atom stereocenters. The summed E-state index contributed by atoms with van der Waals surface area (Å²) in [4.78, 5) is 7.30. The second-order valence-corrected chi connectivity index (χ2v) is 16.6. The quantitative estimate of drug-likeness (QED) is 0.0411. The fourth-order valence-electron chi connectivity index (χ4n) is 6.51. The van der Waals surface area contributed by atoms with Gasteiger partial charge in [0.15, 0.2) is 0 Å². The van der Waals surface area contributed by atoms with Crippen molar-refractivity contribution >= 4 is 34.8 Å². The Morgan fingerprint density at radius 2 is 0.986 bits per heavy atom. The van der Waals surface area contributed by atoms with Crippen molar-refractivity contribution in [1.29, 1.82) is 0 Å². The molecule has 0 aliphatic carbocycles. The van der Waals surface area contributed by atoms with Crippen LogP contribution in [0.2, 0.25) is 15.2 Å². The van der Waals surface area contributed by atoms with Gasteiger partial charge in [0.05, 0.1) is 28.8 Å². The fraction of sp³-hybridized carbons (Fsp3) is 0.319. The number of benzene rings is 2. The molecule has 0 N–H and O–H groups in total. The van der Waals surface area contributed by atoms with E-state index in [-0.39, 0.29) is 19.3 Å². The molecular weight excluding hydrogens is 1060 g/mol. The Kier molecular flexibility index (Phi) is 19.0. The average Bonchev–Trinajstić information content (AvgIpc) is 4.02. The molecule has 0 spiro atoms. The van der Waals surface area contributed by atoms with Gasteiger partial charge < -0.3 is 23.0 Å². The summed E-state index contributed by atoms with van der Waals surface area (Å²) >= 11 is 17.5. The highest BCUT2D eigenvalue weighted by Gasteiger charge is 2.62. The van der Waals surface area contributed by atoms with E-state index in [1.807, 2.05) is 0 Å². The van der Waals surface area contributed by atoms with Crippen LogP contribution in [-0.4, -0.2) is 48.8 Å². The third kappa shape index (κ3) is 14.0. The van der Waals surface area contributed by atoms with E-state index in [0.29, 0.717) is 23.3 Å². The minimum atomic E-state index is -5.03. The van der Waals surface area contributed by atoms with E-state index in [4.69, 9.17) is 57.8 Å². The number of alkyl halides is 12. The lowest BCUT2D eigenvalue weighted by molar-refractivity contribution is -0.299. The molecule has 0 aliphatic heterocycles. The van der Waals surface area contributed by atoms with Crippen LogP contribution >= 0.6 is 34.8 Å². The van der Waals surface area contributed by atoms with Crippen LogP contribution in [0.5, 0.6) is 5.88 Å². The highest BCUT2D eigenvalue weighted by atomic mass is 35.5. The van der Waals surface area contributed by atoms with Crippen LogP contribution in [0.1, 0.15) is 73.1 Å². The molecule has 0 aliphatic rings. The number of ether oxygens (including phenoxy) is 3. The summed E-state index contributed by atoms with van der Waals surface area (Å²) in [6.45, 7) is 11.0. The van der Waals surface area contributed by atoms with Gasteiger partial charge in [-0.1, -0.05) is 114 Å². The zero-order valence-corrected chi connectivity index (χ0v) is 40.0. The molecule has 392 valence electrons. The molecule has 4 heterocycles. The monoisotopic (exact) mass is 1100 g/mol. The molecule has 6 rings (SSSR count). The summed E-state index contributed by atoms with van der Waals surface area (Å²) in [6, 6.07) is 17.2. The molecular formula is C47H39Cl3F12N6O5. The lowest BCUT2D eigenvalue weighted by Crippen LogP contribution is -2.45. The zero-order valence-electron chi connectivity index (χ0n) is 37.7. The Morgan fingerprint density at radius 1 is 0.575 bits per heavy atom. The molecule has 0 radical (unpaired) electrons. The fourth-order valence-corrected chi connectivity index (χ4v) is 7.22. The van der Waals surface area contributed by atoms with Crippen molar-refractivity contribution in [2.75, 3.05) is 0 Å².